The Labute approximate surface area is 205 Å². The minimum Gasteiger partial charge on any atom is -0.457 e. The number of hydrogen-bond donors (Lipinski definition) is 2. The molecule has 1 aliphatic rings. The van der Waals surface area contributed by atoms with Crippen LogP contribution in [0.2, 0.25) is 0 Å². The van der Waals surface area contributed by atoms with Gasteiger partial charge in [0.15, 0.2) is 0 Å². The van der Waals surface area contributed by atoms with E-state index in [1.807, 2.05) is 72.8 Å². The monoisotopic (exact) mass is 467 g/mol. The number of hydrogen-bond acceptors (Lipinski definition) is 5. The maximum absolute atomic E-state index is 12.6. The number of anilines is 3. The number of aryl methyl sites for hydroxylation is 1. The predicted octanol–water partition coefficient (Wildman–Crippen LogP) is 5.73. The van der Waals surface area contributed by atoms with Gasteiger partial charge in [-0.1, -0.05) is 18.2 Å². The van der Waals surface area contributed by atoms with Crippen LogP contribution in [0, 0.1) is 6.92 Å². The van der Waals surface area contributed by atoms with Crippen molar-refractivity contribution in [2.75, 3.05) is 48.8 Å². The van der Waals surface area contributed by atoms with Crippen LogP contribution in [0.5, 0.6) is 11.5 Å². The Kier molecular flexibility index (Phi) is 6.50. The van der Waals surface area contributed by atoms with Crippen LogP contribution in [0.3, 0.4) is 0 Å². The number of urea groups is 1. The number of likely N-dealkylation sites (N-methyl/N-ethyl adjacent to an activating group) is 1. The summed E-state index contributed by atoms with van der Waals surface area (Å²) in [5.41, 5.74) is 3.47. The molecule has 0 unspecified atom stereocenters. The smallest absolute Gasteiger partial charge is 0.323 e. The van der Waals surface area contributed by atoms with Crippen molar-refractivity contribution in [1.29, 1.82) is 0 Å². The maximum atomic E-state index is 12.6. The van der Waals surface area contributed by atoms with Crippen molar-refractivity contribution in [3.8, 4) is 11.5 Å². The second-order valence-electron chi connectivity index (χ2n) is 8.84. The molecule has 1 saturated heterocycles. The van der Waals surface area contributed by atoms with Gasteiger partial charge in [-0.25, -0.2) is 9.78 Å². The second kappa shape index (κ2) is 10.0. The zero-order valence-electron chi connectivity index (χ0n) is 20.0. The van der Waals surface area contributed by atoms with Gasteiger partial charge < -0.3 is 25.2 Å². The van der Waals surface area contributed by atoms with Gasteiger partial charge in [0, 0.05) is 42.9 Å². The molecule has 0 aliphatic carbocycles. The highest BCUT2D eigenvalue weighted by molar-refractivity contribution is 6.01. The summed E-state index contributed by atoms with van der Waals surface area (Å²) in [6.45, 7) is 6.13. The third-order valence-electron chi connectivity index (χ3n) is 6.18. The molecule has 0 spiro atoms. The number of para-hydroxylation sites is 1. The summed E-state index contributed by atoms with van der Waals surface area (Å²) in [5, 5.41) is 6.82. The molecule has 0 atom stereocenters. The van der Waals surface area contributed by atoms with Crippen LogP contribution in [-0.2, 0) is 0 Å². The molecule has 0 bridgehead atoms. The molecule has 1 aromatic heterocycles. The first kappa shape index (κ1) is 22.7. The lowest BCUT2D eigenvalue weighted by atomic mass is 10.1. The summed E-state index contributed by atoms with van der Waals surface area (Å²) < 4.78 is 5.80. The predicted molar refractivity (Wildman–Crippen MR) is 142 cm³/mol. The number of fused-ring (bicyclic) bond motifs is 1. The van der Waals surface area contributed by atoms with Gasteiger partial charge in [0.25, 0.3) is 0 Å². The molecule has 35 heavy (non-hydrogen) atoms. The van der Waals surface area contributed by atoms with Crippen molar-refractivity contribution >= 4 is 34.1 Å². The molecule has 7 heteroatoms. The summed E-state index contributed by atoms with van der Waals surface area (Å²) in [5.74, 6) is 2.49. The Morgan fingerprint density at radius 1 is 0.829 bits per heavy atom. The summed E-state index contributed by atoms with van der Waals surface area (Å²) in [6, 6.07) is 24.5. The van der Waals surface area contributed by atoms with E-state index in [0.717, 1.165) is 59.9 Å². The van der Waals surface area contributed by atoms with Crippen LogP contribution in [0.25, 0.3) is 10.9 Å². The second-order valence-corrected chi connectivity index (χ2v) is 8.84. The van der Waals surface area contributed by atoms with Gasteiger partial charge in [0.1, 0.15) is 17.3 Å². The Balaban J connectivity index is 1.23. The van der Waals surface area contributed by atoms with E-state index in [9.17, 15) is 4.79 Å². The highest BCUT2D eigenvalue weighted by Crippen LogP contribution is 2.26. The average Bonchev–Trinajstić information content (AvgIpc) is 2.86. The fourth-order valence-corrected chi connectivity index (χ4v) is 4.18. The van der Waals surface area contributed by atoms with Crippen LogP contribution < -0.4 is 20.3 Å². The van der Waals surface area contributed by atoms with E-state index in [1.54, 1.807) is 0 Å². The molecule has 1 fully saturated rings. The number of ether oxygens (including phenoxy) is 1. The molecule has 0 radical (unpaired) electrons. The molecule has 178 valence electrons. The lowest BCUT2D eigenvalue weighted by Gasteiger charge is -2.33. The van der Waals surface area contributed by atoms with Crippen LogP contribution in [0.1, 0.15) is 5.56 Å². The Hall–Kier alpha value is -4.10. The number of rotatable bonds is 5. The standard InChI is InChI=1S/C28H29N5O2/c1-20-18-27(33-16-14-32(2)15-17-33)31-26-13-10-22(19-25(20)26)30-28(34)29-21-8-11-24(12-9-21)35-23-6-4-3-5-7-23/h3-13,18-19H,14-17H2,1-2H3,(H2,29,30,34). The lowest BCUT2D eigenvalue weighted by Crippen LogP contribution is -2.44. The molecular formula is C28H29N5O2. The van der Waals surface area contributed by atoms with Gasteiger partial charge in [-0.3, -0.25) is 0 Å². The van der Waals surface area contributed by atoms with Crippen LogP contribution in [-0.4, -0.2) is 49.1 Å². The molecular weight excluding hydrogens is 438 g/mol. The number of amides is 2. The lowest BCUT2D eigenvalue weighted by molar-refractivity contribution is 0.262. The highest BCUT2D eigenvalue weighted by atomic mass is 16.5. The number of nitrogens with one attached hydrogen (secondary N) is 2. The van der Waals surface area contributed by atoms with Gasteiger partial charge in [0.05, 0.1) is 5.52 Å². The summed E-state index contributed by atoms with van der Waals surface area (Å²) in [7, 11) is 2.15. The van der Waals surface area contributed by atoms with E-state index >= 15 is 0 Å². The molecule has 2 N–H and O–H groups in total. The summed E-state index contributed by atoms with van der Waals surface area (Å²) in [6.07, 6.45) is 0. The van der Waals surface area contributed by atoms with Crippen LogP contribution in [0.15, 0.2) is 78.9 Å². The van der Waals surface area contributed by atoms with Gasteiger partial charge in [0.2, 0.25) is 0 Å². The molecule has 4 aromatic rings. The molecule has 2 heterocycles. The van der Waals surface area contributed by atoms with Gasteiger partial charge in [-0.05, 0) is 80.2 Å². The third-order valence-corrected chi connectivity index (χ3v) is 6.18. The summed E-state index contributed by atoms with van der Waals surface area (Å²) in [4.78, 5) is 22.1. The topological polar surface area (TPSA) is 69.7 Å². The Morgan fingerprint density at radius 3 is 2.23 bits per heavy atom. The van der Waals surface area contributed by atoms with Crippen molar-refractivity contribution in [1.82, 2.24) is 9.88 Å². The zero-order valence-corrected chi connectivity index (χ0v) is 20.0. The molecule has 3 aromatic carbocycles. The van der Waals surface area contributed by atoms with E-state index < -0.39 is 0 Å². The Bertz CT molecular complexity index is 1320. The number of piperazine rings is 1. The van der Waals surface area contributed by atoms with Crippen molar-refractivity contribution in [2.45, 2.75) is 6.92 Å². The molecule has 1 aliphatic heterocycles. The van der Waals surface area contributed by atoms with Gasteiger partial charge in [-0.2, -0.15) is 0 Å². The first-order chi connectivity index (χ1) is 17.0. The van der Waals surface area contributed by atoms with Gasteiger partial charge >= 0.3 is 6.03 Å². The third kappa shape index (κ3) is 5.53. The number of pyridine rings is 1. The molecule has 5 rings (SSSR count). The SMILES string of the molecule is Cc1cc(N2CCN(C)CC2)nc2ccc(NC(=O)Nc3ccc(Oc4ccccc4)cc3)cc12. The van der Waals surface area contributed by atoms with Crippen molar-refractivity contribution < 1.29 is 9.53 Å². The minimum atomic E-state index is -0.305. The van der Waals surface area contributed by atoms with Crippen molar-refractivity contribution in [3.05, 3.63) is 84.4 Å². The molecule has 2 amide bonds. The van der Waals surface area contributed by atoms with Crippen LogP contribution >= 0.6 is 0 Å². The fourth-order valence-electron chi connectivity index (χ4n) is 4.18. The number of carbonyl (C=O) groups excluding carboxylic acids is 1. The summed E-state index contributed by atoms with van der Waals surface area (Å²) >= 11 is 0. The van der Waals surface area contributed by atoms with E-state index in [0.29, 0.717) is 11.4 Å². The number of aromatic nitrogens is 1. The first-order valence-corrected chi connectivity index (χ1v) is 11.8. The first-order valence-electron chi connectivity index (χ1n) is 11.8. The van der Waals surface area contributed by atoms with Crippen molar-refractivity contribution in [2.24, 2.45) is 0 Å². The highest BCUT2D eigenvalue weighted by Gasteiger charge is 2.16. The fraction of sp³-hybridized carbons (Fsp3) is 0.214. The molecule has 0 saturated carbocycles. The minimum absolute atomic E-state index is 0.305. The van der Waals surface area contributed by atoms with E-state index in [-0.39, 0.29) is 6.03 Å². The number of carbonyl (C=O) groups is 1. The zero-order chi connectivity index (χ0) is 24.2. The number of benzene rings is 3. The van der Waals surface area contributed by atoms with E-state index in [4.69, 9.17) is 9.72 Å². The van der Waals surface area contributed by atoms with E-state index in [1.165, 1.54) is 0 Å². The quantitative estimate of drug-likeness (QED) is 0.392. The molecule has 7 nitrogen and oxygen atoms in total. The average molecular weight is 468 g/mol. The van der Waals surface area contributed by atoms with Crippen molar-refractivity contribution in [3.63, 3.8) is 0 Å². The maximum Gasteiger partial charge on any atom is 0.323 e. The number of nitrogens with zero attached hydrogens (tertiary/aromatic N) is 3. The van der Waals surface area contributed by atoms with Gasteiger partial charge in [-0.15, -0.1) is 0 Å². The normalized spacial score (nSPS) is 14.1. The van der Waals surface area contributed by atoms with E-state index in [2.05, 4.69) is 40.5 Å². The Morgan fingerprint density at radius 2 is 1.49 bits per heavy atom. The van der Waals surface area contributed by atoms with Crippen LogP contribution in [0.4, 0.5) is 22.0 Å². The largest absolute Gasteiger partial charge is 0.457 e.